The van der Waals surface area contributed by atoms with E-state index < -0.39 is 18.1 Å². The summed E-state index contributed by atoms with van der Waals surface area (Å²) in [7, 11) is 0. The van der Waals surface area contributed by atoms with E-state index in [1.54, 1.807) is 16.2 Å². The Bertz CT molecular complexity index is 1250. The molecule has 3 heterocycles. The third kappa shape index (κ3) is 5.33. The van der Waals surface area contributed by atoms with Gasteiger partial charge in [0.2, 0.25) is 11.8 Å². The number of hydrogen-bond acceptors (Lipinski definition) is 7. The molecule has 3 atom stereocenters. The first-order valence-electron chi connectivity index (χ1n) is 13.0. The van der Waals surface area contributed by atoms with Crippen LogP contribution in [0.4, 0.5) is 0 Å². The maximum absolute atomic E-state index is 13.8. The van der Waals surface area contributed by atoms with Crippen LogP contribution in [0, 0.1) is 12.8 Å². The number of nitrogens with one attached hydrogen (secondary N) is 1. The van der Waals surface area contributed by atoms with Gasteiger partial charge in [-0.3, -0.25) is 9.59 Å². The van der Waals surface area contributed by atoms with Gasteiger partial charge in [0.1, 0.15) is 17.7 Å². The van der Waals surface area contributed by atoms with Gasteiger partial charge in [0.15, 0.2) is 0 Å². The second kappa shape index (κ2) is 10.8. The van der Waals surface area contributed by atoms with Crippen molar-refractivity contribution in [3.8, 4) is 10.4 Å². The molecule has 2 aliphatic rings. The SMILES string of the molecule is Cc1ncsc1-c1ccc(CNC(=O)C2CC(O)CN2C(=O)C(c2cc(C(C)C)no2)C2CCC2)cc1. The Morgan fingerprint density at radius 3 is 2.59 bits per heavy atom. The third-order valence-corrected chi connectivity index (χ3v) is 8.60. The van der Waals surface area contributed by atoms with Gasteiger partial charge in [0.05, 0.1) is 27.9 Å². The van der Waals surface area contributed by atoms with Crippen LogP contribution in [-0.4, -0.2) is 50.7 Å². The number of aryl methyl sites for hydroxylation is 1. The Balaban J connectivity index is 1.27. The quantitative estimate of drug-likeness (QED) is 0.454. The second-order valence-electron chi connectivity index (χ2n) is 10.6. The molecule has 3 aromatic rings. The molecule has 8 nitrogen and oxygen atoms in total. The van der Waals surface area contributed by atoms with E-state index >= 15 is 0 Å². The number of nitrogens with zero attached hydrogens (tertiary/aromatic N) is 3. The number of hydrogen-bond donors (Lipinski definition) is 2. The van der Waals surface area contributed by atoms with Crippen molar-refractivity contribution in [2.75, 3.05) is 6.54 Å². The highest BCUT2D eigenvalue weighted by Crippen LogP contribution is 2.42. The molecule has 1 saturated carbocycles. The summed E-state index contributed by atoms with van der Waals surface area (Å²) in [4.78, 5) is 34.0. The number of aliphatic hydroxyl groups excluding tert-OH is 1. The minimum absolute atomic E-state index is 0.147. The topological polar surface area (TPSA) is 109 Å². The van der Waals surface area contributed by atoms with Gasteiger partial charge in [-0.15, -0.1) is 11.3 Å². The van der Waals surface area contributed by atoms with E-state index in [9.17, 15) is 14.7 Å². The molecular formula is C28H34N4O4S. The van der Waals surface area contributed by atoms with Crippen LogP contribution in [0.2, 0.25) is 0 Å². The first-order valence-corrected chi connectivity index (χ1v) is 13.9. The molecule has 0 bridgehead atoms. The van der Waals surface area contributed by atoms with Gasteiger partial charge in [-0.25, -0.2) is 4.98 Å². The zero-order chi connectivity index (χ0) is 26.1. The Hall–Kier alpha value is -3.04. The smallest absolute Gasteiger partial charge is 0.243 e. The molecule has 1 aromatic carbocycles. The van der Waals surface area contributed by atoms with Crippen LogP contribution in [0.5, 0.6) is 0 Å². The van der Waals surface area contributed by atoms with Crippen LogP contribution in [0.15, 0.2) is 40.4 Å². The van der Waals surface area contributed by atoms with Crippen LogP contribution < -0.4 is 5.32 Å². The lowest BCUT2D eigenvalue weighted by atomic mass is 9.74. The van der Waals surface area contributed by atoms with Crippen LogP contribution in [0.25, 0.3) is 10.4 Å². The summed E-state index contributed by atoms with van der Waals surface area (Å²) in [6.07, 6.45) is 2.46. The Morgan fingerprint density at radius 2 is 2.00 bits per heavy atom. The summed E-state index contributed by atoms with van der Waals surface area (Å²) in [6.45, 7) is 6.56. The number of β-amino-alcohol motifs (C(OH)–C–C–N with tert-alkyl or cyclic N) is 1. The Labute approximate surface area is 221 Å². The molecule has 0 spiro atoms. The van der Waals surface area contributed by atoms with Crippen molar-refractivity contribution < 1.29 is 19.2 Å². The van der Waals surface area contributed by atoms with Gasteiger partial charge in [-0.2, -0.15) is 0 Å². The second-order valence-corrected chi connectivity index (χ2v) is 11.4. The normalized spacial score (nSPS) is 20.7. The molecule has 0 radical (unpaired) electrons. The number of likely N-dealkylation sites (tertiary alicyclic amines) is 1. The van der Waals surface area contributed by atoms with E-state index in [1.165, 1.54) is 0 Å². The minimum atomic E-state index is -0.732. The van der Waals surface area contributed by atoms with E-state index in [2.05, 4.69) is 15.5 Å². The van der Waals surface area contributed by atoms with Crippen molar-refractivity contribution in [1.29, 1.82) is 0 Å². The van der Waals surface area contributed by atoms with E-state index in [1.807, 2.05) is 56.6 Å². The molecule has 1 aliphatic carbocycles. The number of rotatable bonds is 8. The van der Waals surface area contributed by atoms with Crippen molar-refractivity contribution in [3.05, 3.63) is 58.6 Å². The minimum Gasteiger partial charge on any atom is -0.391 e. The van der Waals surface area contributed by atoms with Gasteiger partial charge in [0.25, 0.3) is 0 Å². The van der Waals surface area contributed by atoms with Gasteiger partial charge in [0, 0.05) is 25.6 Å². The number of benzene rings is 1. The van der Waals surface area contributed by atoms with Crippen LogP contribution in [0.1, 0.15) is 74.1 Å². The van der Waals surface area contributed by atoms with Crippen LogP contribution in [0.3, 0.4) is 0 Å². The van der Waals surface area contributed by atoms with Crippen molar-refractivity contribution in [2.45, 2.75) is 77.0 Å². The third-order valence-electron chi connectivity index (χ3n) is 7.63. The fourth-order valence-corrected chi connectivity index (χ4v) is 6.01. The average molecular weight is 523 g/mol. The van der Waals surface area contributed by atoms with Crippen LogP contribution in [-0.2, 0) is 16.1 Å². The summed E-state index contributed by atoms with van der Waals surface area (Å²) >= 11 is 1.60. The zero-order valence-electron chi connectivity index (χ0n) is 21.5. The number of aromatic nitrogens is 2. The van der Waals surface area contributed by atoms with E-state index in [4.69, 9.17) is 4.52 Å². The molecule has 1 aliphatic heterocycles. The molecular weight excluding hydrogens is 488 g/mol. The lowest BCUT2D eigenvalue weighted by Crippen LogP contribution is -2.48. The monoisotopic (exact) mass is 522 g/mol. The molecule has 3 unspecified atom stereocenters. The molecule has 37 heavy (non-hydrogen) atoms. The first kappa shape index (κ1) is 25.6. The molecule has 2 aromatic heterocycles. The van der Waals surface area contributed by atoms with Gasteiger partial charge >= 0.3 is 0 Å². The summed E-state index contributed by atoms with van der Waals surface area (Å²) in [6, 6.07) is 9.21. The molecule has 2 amide bonds. The zero-order valence-corrected chi connectivity index (χ0v) is 22.3. The number of thiazole rings is 1. The van der Waals surface area contributed by atoms with E-state index in [-0.39, 0.29) is 36.6 Å². The maximum atomic E-state index is 13.8. The van der Waals surface area contributed by atoms with Gasteiger partial charge in [-0.05, 0) is 42.7 Å². The molecule has 196 valence electrons. The highest BCUT2D eigenvalue weighted by atomic mass is 32.1. The highest BCUT2D eigenvalue weighted by Gasteiger charge is 2.45. The average Bonchev–Trinajstić information content (AvgIpc) is 3.59. The summed E-state index contributed by atoms with van der Waals surface area (Å²) in [5.41, 5.74) is 5.72. The molecule has 2 N–H and O–H groups in total. The largest absolute Gasteiger partial charge is 0.391 e. The lowest BCUT2D eigenvalue weighted by molar-refractivity contribution is -0.141. The van der Waals surface area contributed by atoms with E-state index in [0.717, 1.165) is 46.7 Å². The molecule has 9 heteroatoms. The van der Waals surface area contributed by atoms with Crippen molar-refractivity contribution >= 4 is 23.2 Å². The number of amides is 2. The Morgan fingerprint density at radius 1 is 1.24 bits per heavy atom. The van der Waals surface area contributed by atoms with Gasteiger partial charge in [-0.1, -0.05) is 49.7 Å². The lowest BCUT2D eigenvalue weighted by Gasteiger charge is -2.35. The summed E-state index contributed by atoms with van der Waals surface area (Å²) in [5, 5.41) is 17.6. The van der Waals surface area contributed by atoms with E-state index in [0.29, 0.717) is 12.3 Å². The molecule has 2 fully saturated rings. The highest BCUT2D eigenvalue weighted by molar-refractivity contribution is 7.13. The summed E-state index contributed by atoms with van der Waals surface area (Å²) in [5.74, 6) is 0.0500. The van der Waals surface area contributed by atoms with Crippen molar-refractivity contribution in [3.63, 3.8) is 0 Å². The van der Waals surface area contributed by atoms with Gasteiger partial charge < -0.3 is 19.8 Å². The first-order chi connectivity index (χ1) is 17.8. The molecule has 5 rings (SSSR count). The predicted octanol–water partition coefficient (Wildman–Crippen LogP) is 4.39. The van der Waals surface area contributed by atoms with Crippen LogP contribution >= 0.6 is 11.3 Å². The standard InChI is InChI=1S/C28H34N4O4S/c1-16(2)22-12-24(36-31-22)25(19-5-4-6-19)28(35)32-14-21(33)11-23(32)27(34)29-13-18-7-9-20(10-8-18)26-17(3)30-15-37-26/h7-10,12,15-16,19,21,23,25,33H,4-6,11,13-14H2,1-3H3,(H,29,34). The molecule has 1 saturated heterocycles. The predicted molar refractivity (Wildman–Crippen MR) is 141 cm³/mol. The number of aliphatic hydroxyl groups is 1. The van der Waals surface area contributed by atoms with Crippen molar-refractivity contribution in [1.82, 2.24) is 20.4 Å². The number of carbonyl (C=O) groups excluding carboxylic acids is 2. The summed E-state index contributed by atoms with van der Waals surface area (Å²) < 4.78 is 5.63. The van der Waals surface area contributed by atoms with Crippen molar-refractivity contribution in [2.24, 2.45) is 5.92 Å². The number of carbonyl (C=O) groups is 2. The maximum Gasteiger partial charge on any atom is 0.243 e. The Kier molecular flexibility index (Phi) is 7.44. The fourth-order valence-electron chi connectivity index (χ4n) is 5.20. The fraction of sp³-hybridized carbons (Fsp3) is 0.500.